The number of hydrogen-bond acceptors (Lipinski definition) is 2. The van der Waals surface area contributed by atoms with E-state index in [1.807, 2.05) is 0 Å². The van der Waals surface area contributed by atoms with Crippen LogP contribution in [0.15, 0.2) is 0 Å². The van der Waals surface area contributed by atoms with E-state index in [2.05, 4.69) is 51.8 Å². The highest BCUT2D eigenvalue weighted by molar-refractivity contribution is 4.68. The average Bonchev–Trinajstić information content (AvgIpc) is 2.20. The minimum absolute atomic E-state index is 0.701. The summed E-state index contributed by atoms with van der Waals surface area (Å²) in [4.78, 5) is 2.59. The second-order valence-electron chi connectivity index (χ2n) is 5.72. The maximum absolute atomic E-state index is 3.52. The predicted octanol–water partition coefficient (Wildman–Crippen LogP) is 2.99. The summed E-state index contributed by atoms with van der Waals surface area (Å²) in [5.74, 6) is 1.53. The molecule has 0 aromatic rings. The molecule has 0 aromatic heterocycles. The highest BCUT2D eigenvalue weighted by atomic mass is 15.1. The molecule has 2 nitrogen and oxygen atoms in total. The van der Waals surface area contributed by atoms with E-state index >= 15 is 0 Å². The molecule has 0 heterocycles. The molecule has 0 saturated heterocycles. The van der Waals surface area contributed by atoms with Gasteiger partial charge in [0.2, 0.25) is 0 Å². The molecule has 1 unspecified atom stereocenters. The summed E-state index contributed by atoms with van der Waals surface area (Å²) in [6.45, 7) is 18.4. The van der Waals surface area contributed by atoms with E-state index in [1.54, 1.807) is 0 Å². The molecule has 0 aliphatic rings. The van der Waals surface area contributed by atoms with Crippen molar-refractivity contribution >= 4 is 0 Å². The second-order valence-corrected chi connectivity index (χ2v) is 5.72. The summed E-state index contributed by atoms with van der Waals surface area (Å²) in [5, 5.41) is 3.52. The molecule has 16 heavy (non-hydrogen) atoms. The van der Waals surface area contributed by atoms with E-state index in [1.165, 1.54) is 19.5 Å². The third-order valence-corrected chi connectivity index (χ3v) is 2.92. The molecule has 0 aliphatic carbocycles. The predicted molar refractivity (Wildman–Crippen MR) is 73.9 cm³/mol. The lowest BCUT2D eigenvalue weighted by Gasteiger charge is -2.29. The van der Waals surface area contributed by atoms with Gasteiger partial charge in [0, 0.05) is 12.6 Å². The van der Waals surface area contributed by atoms with Crippen molar-refractivity contribution in [1.82, 2.24) is 10.2 Å². The van der Waals surface area contributed by atoms with E-state index in [0.717, 1.165) is 24.9 Å². The molecule has 1 N–H and O–H groups in total. The molecule has 0 radical (unpaired) electrons. The van der Waals surface area contributed by atoms with Crippen LogP contribution in [0.5, 0.6) is 0 Å². The molecule has 0 aliphatic heterocycles. The molecule has 1 atom stereocenters. The van der Waals surface area contributed by atoms with Gasteiger partial charge in [0.05, 0.1) is 0 Å². The molecule has 2 heteroatoms. The van der Waals surface area contributed by atoms with Crippen LogP contribution in [0.3, 0.4) is 0 Å². The van der Waals surface area contributed by atoms with E-state index in [-0.39, 0.29) is 0 Å². The van der Waals surface area contributed by atoms with Crippen LogP contribution in [0.1, 0.15) is 48.0 Å². The van der Waals surface area contributed by atoms with Crippen LogP contribution in [-0.2, 0) is 0 Å². The van der Waals surface area contributed by atoms with Gasteiger partial charge in [-0.2, -0.15) is 0 Å². The van der Waals surface area contributed by atoms with Crippen LogP contribution in [0.2, 0.25) is 0 Å². The Kier molecular flexibility index (Phi) is 8.96. The molecule has 0 fully saturated rings. The highest BCUT2D eigenvalue weighted by Gasteiger charge is 2.12. The summed E-state index contributed by atoms with van der Waals surface area (Å²) in [7, 11) is 0. The number of hydrogen-bond donors (Lipinski definition) is 1. The fraction of sp³-hybridized carbons (Fsp3) is 1.00. The van der Waals surface area contributed by atoms with Crippen molar-refractivity contribution in [1.29, 1.82) is 0 Å². The maximum atomic E-state index is 3.52. The van der Waals surface area contributed by atoms with Crippen molar-refractivity contribution in [3.8, 4) is 0 Å². The van der Waals surface area contributed by atoms with Gasteiger partial charge >= 0.3 is 0 Å². The molecule has 98 valence electrons. The van der Waals surface area contributed by atoms with Crippen molar-refractivity contribution in [3.63, 3.8) is 0 Å². The highest BCUT2D eigenvalue weighted by Crippen LogP contribution is 2.06. The second kappa shape index (κ2) is 9.00. The van der Waals surface area contributed by atoms with Crippen LogP contribution in [0, 0.1) is 11.8 Å². The molecule has 0 bridgehead atoms. The average molecular weight is 228 g/mol. The number of rotatable bonds is 9. The molecular weight excluding hydrogens is 196 g/mol. The van der Waals surface area contributed by atoms with Crippen LogP contribution < -0.4 is 5.32 Å². The molecule has 0 spiro atoms. The third kappa shape index (κ3) is 8.12. The summed E-state index contributed by atoms with van der Waals surface area (Å²) in [6.07, 6.45) is 1.26. The van der Waals surface area contributed by atoms with Gasteiger partial charge in [-0.1, -0.05) is 34.6 Å². The monoisotopic (exact) mass is 228 g/mol. The quantitative estimate of drug-likeness (QED) is 0.610. The van der Waals surface area contributed by atoms with Gasteiger partial charge in [-0.15, -0.1) is 0 Å². The number of nitrogens with zero attached hydrogens (tertiary/aromatic N) is 1. The zero-order valence-electron chi connectivity index (χ0n) is 12.2. The minimum atomic E-state index is 0.701. The molecule has 0 saturated carbocycles. The van der Waals surface area contributed by atoms with E-state index in [4.69, 9.17) is 0 Å². The lowest BCUT2D eigenvalue weighted by molar-refractivity contribution is 0.187. The van der Waals surface area contributed by atoms with Crippen LogP contribution in [-0.4, -0.2) is 37.1 Å². The SMILES string of the molecule is CCN(CC(C)C)C(C)CCNCC(C)C. The van der Waals surface area contributed by atoms with Crippen LogP contribution >= 0.6 is 0 Å². The van der Waals surface area contributed by atoms with Gasteiger partial charge in [0.15, 0.2) is 0 Å². The van der Waals surface area contributed by atoms with E-state index in [9.17, 15) is 0 Å². The lowest BCUT2D eigenvalue weighted by Crippen LogP contribution is -2.38. The molecule has 0 amide bonds. The Balaban J connectivity index is 3.70. The zero-order chi connectivity index (χ0) is 12.6. The first-order valence-electron chi connectivity index (χ1n) is 6.92. The normalized spacial score (nSPS) is 14.1. The fourth-order valence-corrected chi connectivity index (χ4v) is 1.97. The molecule has 0 rings (SSSR count). The Morgan fingerprint density at radius 2 is 1.62 bits per heavy atom. The summed E-state index contributed by atoms with van der Waals surface area (Å²) >= 11 is 0. The van der Waals surface area contributed by atoms with Crippen LogP contribution in [0.4, 0.5) is 0 Å². The third-order valence-electron chi connectivity index (χ3n) is 2.92. The summed E-state index contributed by atoms with van der Waals surface area (Å²) < 4.78 is 0. The van der Waals surface area contributed by atoms with Gasteiger partial charge in [-0.3, -0.25) is 0 Å². The summed E-state index contributed by atoms with van der Waals surface area (Å²) in [6, 6.07) is 0.701. The maximum Gasteiger partial charge on any atom is 0.00790 e. The fourth-order valence-electron chi connectivity index (χ4n) is 1.97. The summed E-state index contributed by atoms with van der Waals surface area (Å²) in [5.41, 5.74) is 0. The first-order valence-corrected chi connectivity index (χ1v) is 6.92. The van der Waals surface area contributed by atoms with Gasteiger partial charge < -0.3 is 10.2 Å². The van der Waals surface area contributed by atoms with Gasteiger partial charge in [-0.05, 0) is 44.8 Å². The Morgan fingerprint density at radius 3 is 2.06 bits per heavy atom. The first kappa shape index (κ1) is 15.9. The Bertz CT molecular complexity index is 155. The van der Waals surface area contributed by atoms with E-state index < -0.39 is 0 Å². The Hall–Kier alpha value is -0.0800. The van der Waals surface area contributed by atoms with Crippen molar-refractivity contribution in [2.45, 2.75) is 54.0 Å². The first-order chi connectivity index (χ1) is 7.47. The Labute approximate surface area is 103 Å². The van der Waals surface area contributed by atoms with Crippen molar-refractivity contribution in [2.75, 3.05) is 26.2 Å². The van der Waals surface area contributed by atoms with Crippen LogP contribution in [0.25, 0.3) is 0 Å². The Morgan fingerprint density at radius 1 is 1.00 bits per heavy atom. The van der Waals surface area contributed by atoms with Crippen molar-refractivity contribution in [2.24, 2.45) is 11.8 Å². The zero-order valence-corrected chi connectivity index (χ0v) is 12.2. The van der Waals surface area contributed by atoms with Gasteiger partial charge in [-0.25, -0.2) is 0 Å². The lowest BCUT2D eigenvalue weighted by atomic mass is 10.1. The standard InChI is InChI=1S/C14H32N2/c1-7-16(11-13(4)5)14(6)8-9-15-10-12(2)3/h12-15H,7-11H2,1-6H3. The van der Waals surface area contributed by atoms with Crippen molar-refractivity contribution in [3.05, 3.63) is 0 Å². The number of nitrogens with one attached hydrogen (secondary N) is 1. The smallest absolute Gasteiger partial charge is 0.00790 e. The minimum Gasteiger partial charge on any atom is -0.316 e. The largest absolute Gasteiger partial charge is 0.316 e. The van der Waals surface area contributed by atoms with Gasteiger partial charge in [0.25, 0.3) is 0 Å². The van der Waals surface area contributed by atoms with E-state index in [0.29, 0.717) is 6.04 Å². The van der Waals surface area contributed by atoms with Gasteiger partial charge in [0.1, 0.15) is 0 Å². The molecule has 0 aromatic carbocycles. The molecular formula is C14H32N2. The topological polar surface area (TPSA) is 15.3 Å². The van der Waals surface area contributed by atoms with Crippen molar-refractivity contribution < 1.29 is 0 Å².